The quantitative estimate of drug-likeness (QED) is 0.794. The van der Waals surface area contributed by atoms with Gasteiger partial charge >= 0.3 is 0 Å². The van der Waals surface area contributed by atoms with E-state index in [0.717, 1.165) is 11.3 Å². The van der Waals surface area contributed by atoms with Crippen LogP contribution in [-0.4, -0.2) is 42.1 Å². The summed E-state index contributed by atoms with van der Waals surface area (Å²) in [5.41, 5.74) is 1.03. The maximum Gasteiger partial charge on any atom is 0.227 e. The molecule has 0 radical (unpaired) electrons. The fourth-order valence-electron chi connectivity index (χ4n) is 2.46. The lowest BCUT2D eigenvalue weighted by Gasteiger charge is -2.21. The van der Waals surface area contributed by atoms with Crippen LogP contribution < -0.4 is 10.1 Å². The highest BCUT2D eigenvalue weighted by Crippen LogP contribution is 2.18. The van der Waals surface area contributed by atoms with Crippen LogP contribution in [0.15, 0.2) is 34.9 Å². The molecule has 2 rings (SSSR count). The second-order valence-electron chi connectivity index (χ2n) is 5.69. The molecule has 0 bridgehead atoms. The third-order valence-corrected chi connectivity index (χ3v) is 3.79. The van der Waals surface area contributed by atoms with Crippen molar-refractivity contribution in [3.8, 4) is 5.75 Å². The van der Waals surface area contributed by atoms with Crippen molar-refractivity contribution in [1.29, 1.82) is 0 Å². The average molecular weight is 345 g/mol. The Kier molecular flexibility index (Phi) is 6.56. The van der Waals surface area contributed by atoms with E-state index in [1.807, 2.05) is 24.3 Å². The van der Waals surface area contributed by atoms with Crippen LogP contribution in [0, 0.1) is 6.92 Å². The summed E-state index contributed by atoms with van der Waals surface area (Å²) in [6.45, 7) is 4.11. The summed E-state index contributed by atoms with van der Waals surface area (Å²) < 4.78 is 10.2. The molecular formula is C18H23N3O4. The summed E-state index contributed by atoms with van der Waals surface area (Å²) in [6.07, 6.45) is 0.852. The highest BCUT2D eigenvalue weighted by Gasteiger charge is 2.13. The lowest BCUT2D eigenvalue weighted by molar-refractivity contribution is -0.129. The number of nitrogens with zero attached hydrogens (tertiary/aromatic N) is 2. The van der Waals surface area contributed by atoms with Gasteiger partial charge in [0.25, 0.3) is 0 Å². The van der Waals surface area contributed by atoms with Gasteiger partial charge in [0.1, 0.15) is 11.5 Å². The molecule has 1 N–H and O–H groups in total. The predicted octanol–water partition coefficient (Wildman–Crippen LogP) is 2.41. The molecule has 2 amide bonds. The first-order valence-corrected chi connectivity index (χ1v) is 8.10. The van der Waals surface area contributed by atoms with Crippen LogP contribution in [0.3, 0.4) is 0 Å². The van der Waals surface area contributed by atoms with E-state index >= 15 is 0 Å². The number of anilines is 1. The largest absolute Gasteiger partial charge is 0.496 e. The number of hydrogen-bond donors (Lipinski definition) is 1. The van der Waals surface area contributed by atoms with Crippen LogP contribution in [0.1, 0.15) is 24.7 Å². The number of carbonyl (C=O) groups is 2. The topological polar surface area (TPSA) is 84.7 Å². The van der Waals surface area contributed by atoms with Crippen molar-refractivity contribution in [1.82, 2.24) is 10.1 Å². The molecule has 1 aromatic heterocycles. The smallest absolute Gasteiger partial charge is 0.227 e. The van der Waals surface area contributed by atoms with E-state index in [0.29, 0.717) is 31.1 Å². The first kappa shape index (κ1) is 18.5. The van der Waals surface area contributed by atoms with Gasteiger partial charge in [-0.2, -0.15) is 0 Å². The van der Waals surface area contributed by atoms with Crippen LogP contribution in [0.25, 0.3) is 0 Å². The molecule has 0 aliphatic heterocycles. The standard InChI is InChI=1S/C18H23N3O4/c1-13-12-17(20-25-13)19-18(23)9-11-21(14(2)22)10-8-15-6-4-5-7-16(15)24-3/h4-7,12H,8-11H2,1-3H3,(H,19,20,23). The van der Waals surface area contributed by atoms with Crippen LogP contribution in [0.5, 0.6) is 5.75 Å². The van der Waals surface area contributed by atoms with Crippen LogP contribution >= 0.6 is 0 Å². The van der Waals surface area contributed by atoms with Crippen LogP contribution in [-0.2, 0) is 16.0 Å². The highest BCUT2D eigenvalue weighted by molar-refractivity contribution is 5.90. The molecule has 1 aromatic carbocycles. The van der Waals surface area contributed by atoms with Crippen LogP contribution in [0.2, 0.25) is 0 Å². The maximum atomic E-state index is 12.0. The number of aromatic nitrogens is 1. The van der Waals surface area contributed by atoms with E-state index in [4.69, 9.17) is 9.26 Å². The summed E-state index contributed by atoms with van der Waals surface area (Å²) in [6, 6.07) is 9.34. The van der Waals surface area contributed by atoms with Gasteiger partial charge in [0.15, 0.2) is 5.82 Å². The number of nitrogens with one attached hydrogen (secondary N) is 1. The lowest BCUT2D eigenvalue weighted by Crippen LogP contribution is -2.33. The van der Waals surface area contributed by atoms with Crippen LogP contribution in [0.4, 0.5) is 5.82 Å². The predicted molar refractivity (Wildman–Crippen MR) is 93.4 cm³/mol. The van der Waals surface area contributed by atoms with Gasteiger partial charge in [-0.3, -0.25) is 9.59 Å². The fraction of sp³-hybridized carbons (Fsp3) is 0.389. The van der Waals surface area contributed by atoms with E-state index in [2.05, 4.69) is 10.5 Å². The van der Waals surface area contributed by atoms with Gasteiger partial charge < -0.3 is 19.5 Å². The molecule has 0 atom stereocenters. The van der Waals surface area contributed by atoms with E-state index in [-0.39, 0.29) is 18.2 Å². The van der Waals surface area contributed by atoms with Crippen molar-refractivity contribution in [2.24, 2.45) is 0 Å². The summed E-state index contributed by atoms with van der Waals surface area (Å²) in [5, 5.41) is 6.36. The van der Waals surface area contributed by atoms with Gasteiger partial charge in [0.2, 0.25) is 11.8 Å². The molecule has 2 aromatic rings. The monoisotopic (exact) mass is 345 g/mol. The fourth-order valence-corrected chi connectivity index (χ4v) is 2.46. The Balaban J connectivity index is 1.86. The number of para-hydroxylation sites is 1. The molecule has 0 unspecified atom stereocenters. The first-order valence-electron chi connectivity index (χ1n) is 8.10. The number of carbonyl (C=O) groups excluding carboxylic acids is 2. The lowest BCUT2D eigenvalue weighted by atomic mass is 10.1. The van der Waals surface area contributed by atoms with Crippen molar-refractivity contribution in [3.63, 3.8) is 0 Å². The third-order valence-electron chi connectivity index (χ3n) is 3.79. The van der Waals surface area contributed by atoms with Gasteiger partial charge in [-0.05, 0) is 25.0 Å². The minimum atomic E-state index is -0.211. The SMILES string of the molecule is COc1ccccc1CCN(CCC(=O)Nc1cc(C)on1)C(C)=O. The van der Waals surface area contributed by atoms with Crippen molar-refractivity contribution >= 4 is 17.6 Å². The minimum absolute atomic E-state index is 0.0695. The second kappa shape index (κ2) is 8.86. The maximum absolute atomic E-state index is 12.0. The molecule has 0 saturated heterocycles. The van der Waals surface area contributed by atoms with Gasteiger partial charge in [-0.25, -0.2) is 0 Å². The van der Waals surface area contributed by atoms with Gasteiger partial charge in [-0.15, -0.1) is 0 Å². The molecule has 134 valence electrons. The number of methoxy groups -OCH3 is 1. The van der Waals surface area contributed by atoms with Gasteiger partial charge in [-0.1, -0.05) is 23.4 Å². The molecule has 0 saturated carbocycles. The number of ether oxygens (including phenoxy) is 1. The van der Waals surface area contributed by atoms with E-state index in [1.54, 1.807) is 25.0 Å². The molecule has 7 heteroatoms. The van der Waals surface area contributed by atoms with Gasteiger partial charge in [0.05, 0.1) is 7.11 Å². The van der Waals surface area contributed by atoms with Crippen molar-refractivity contribution in [3.05, 3.63) is 41.7 Å². The summed E-state index contributed by atoms with van der Waals surface area (Å²) >= 11 is 0. The summed E-state index contributed by atoms with van der Waals surface area (Å²) in [5.74, 6) is 1.52. The Morgan fingerprint density at radius 3 is 2.68 bits per heavy atom. The number of hydrogen-bond acceptors (Lipinski definition) is 5. The Labute approximate surface area is 146 Å². The second-order valence-corrected chi connectivity index (χ2v) is 5.69. The number of aryl methyl sites for hydroxylation is 1. The first-order chi connectivity index (χ1) is 12.0. The number of amides is 2. The van der Waals surface area contributed by atoms with E-state index in [1.165, 1.54) is 6.92 Å². The molecule has 7 nitrogen and oxygen atoms in total. The van der Waals surface area contributed by atoms with Crippen molar-refractivity contribution in [2.45, 2.75) is 26.7 Å². The number of benzene rings is 1. The Hall–Kier alpha value is -2.83. The van der Waals surface area contributed by atoms with E-state index < -0.39 is 0 Å². The molecular weight excluding hydrogens is 322 g/mol. The number of rotatable bonds is 8. The molecule has 0 fully saturated rings. The van der Waals surface area contributed by atoms with Crippen molar-refractivity contribution in [2.75, 3.05) is 25.5 Å². The third kappa shape index (κ3) is 5.63. The average Bonchev–Trinajstić information content (AvgIpc) is 2.99. The Morgan fingerprint density at radius 2 is 2.04 bits per heavy atom. The van der Waals surface area contributed by atoms with Crippen molar-refractivity contribution < 1.29 is 18.8 Å². The molecule has 0 aliphatic rings. The minimum Gasteiger partial charge on any atom is -0.496 e. The Bertz CT molecular complexity index is 727. The zero-order chi connectivity index (χ0) is 18.2. The summed E-state index contributed by atoms with van der Waals surface area (Å²) in [7, 11) is 1.62. The molecule has 25 heavy (non-hydrogen) atoms. The summed E-state index contributed by atoms with van der Waals surface area (Å²) in [4.78, 5) is 25.5. The zero-order valence-electron chi connectivity index (χ0n) is 14.7. The molecule has 0 aliphatic carbocycles. The zero-order valence-corrected chi connectivity index (χ0v) is 14.7. The molecule has 0 spiro atoms. The normalized spacial score (nSPS) is 10.4. The molecule has 1 heterocycles. The van der Waals surface area contributed by atoms with E-state index in [9.17, 15) is 9.59 Å². The highest BCUT2D eigenvalue weighted by atomic mass is 16.5. The Morgan fingerprint density at radius 1 is 1.28 bits per heavy atom. The van der Waals surface area contributed by atoms with Gasteiger partial charge in [0, 0.05) is 32.5 Å².